The molecule has 0 bridgehead atoms. The summed E-state index contributed by atoms with van der Waals surface area (Å²) < 4.78 is 5.82. The topological polar surface area (TPSA) is 46.5 Å². The van der Waals surface area contributed by atoms with Crippen LogP contribution in [-0.4, -0.2) is 25.0 Å². The van der Waals surface area contributed by atoms with Crippen molar-refractivity contribution in [2.24, 2.45) is 4.99 Å². The van der Waals surface area contributed by atoms with Crippen LogP contribution in [0.3, 0.4) is 0 Å². The maximum atomic E-state index is 5.82. The van der Waals surface area contributed by atoms with Crippen molar-refractivity contribution in [3.8, 4) is 16.9 Å². The van der Waals surface area contributed by atoms with E-state index in [2.05, 4.69) is 47.6 Å². The smallest absolute Gasteiger partial charge is 0.127 e. The molecule has 4 nitrogen and oxygen atoms in total. The molecule has 26 heavy (non-hydrogen) atoms. The van der Waals surface area contributed by atoms with Gasteiger partial charge in [-0.2, -0.15) is 0 Å². The second-order valence-corrected chi connectivity index (χ2v) is 7.50. The van der Waals surface area contributed by atoms with Crippen LogP contribution in [-0.2, 0) is 11.8 Å². The Morgan fingerprint density at radius 1 is 1.19 bits per heavy atom. The minimum absolute atomic E-state index is 0.0744. The number of pyridine rings is 1. The molecule has 5 rings (SSSR count). The largest absolute Gasteiger partial charge is 0.496 e. The van der Waals surface area contributed by atoms with Crippen molar-refractivity contribution in [1.82, 2.24) is 4.98 Å². The van der Waals surface area contributed by atoms with Gasteiger partial charge in [-0.1, -0.05) is 12.5 Å². The number of ether oxygens (including phenoxy) is 1. The minimum atomic E-state index is 0.0744. The summed E-state index contributed by atoms with van der Waals surface area (Å²) in [6, 6.07) is 6.72. The van der Waals surface area contributed by atoms with Gasteiger partial charge in [-0.05, 0) is 61.6 Å². The van der Waals surface area contributed by atoms with E-state index in [0.29, 0.717) is 0 Å². The quantitative estimate of drug-likeness (QED) is 0.871. The first-order chi connectivity index (χ1) is 12.7. The molecule has 1 aromatic carbocycles. The number of benzene rings is 1. The third-order valence-corrected chi connectivity index (χ3v) is 6.22. The second kappa shape index (κ2) is 5.44. The predicted molar refractivity (Wildman–Crippen MR) is 106 cm³/mol. The SMILES string of the molecule is CN=C1Nc2cc(-c3cc4c(nc3C)C=CC4)c(OC)cc2C12CCC2. The van der Waals surface area contributed by atoms with Crippen LogP contribution in [0, 0.1) is 6.92 Å². The highest BCUT2D eigenvalue weighted by Crippen LogP contribution is 2.54. The molecule has 1 saturated carbocycles. The molecule has 2 aliphatic carbocycles. The molecular formula is C22H23N3O. The van der Waals surface area contributed by atoms with Crippen molar-refractivity contribution >= 4 is 17.6 Å². The summed E-state index contributed by atoms with van der Waals surface area (Å²) >= 11 is 0. The highest BCUT2D eigenvalue weighted by atomic mass is 16.5. The van der Waals surface area contributed by atoms with E-state index in [4.69, 9.17) is 9.72 Å². The van der Waals surface area contributed by atoms with Gasteiger partial charge in [0, 0.05) is 29.6 Å². The molecule has 0 amide bonds. The molecule has 1 N–H and O–H groups in total. The maximum Gasteiger partial charge on any atom is 0.127 e. The number of aryl methyl sites for hydroxylation is 1. The first-order valence-electron chi connectivity index (χ1n) is 9.30. The van der Waals surface area contributed by atoms with Gasteiger partial charge in [-0.3, -0.25) is 9.98 Å². The lowest BCUT2D eigenvalue weighted by Gasteiger charge is -2.38. The van der Waals surface area contributed by atoms with Crippen LogP contribution in [0.25, 0.3) is 17.2 Å². The zero-order valence-corrected chi connectivity index (χ0v) is 15.5. The minimum Gasteiger partial charge on any atom is -0.496 e. The van der Waals surface area contributed by atoms with Gasteiger partial charge in [0.15, 0.2) is 0 Å². The lowest BCUT2D eigenvalue weighted by molar-refractivity contribution is 0.344. The Morgan fingerprint density at radius 2 is 2.04 bits per heavy atom. The van der Waals surface area contributed by atoms with Crippen molar-refractivity contribution in [2.75, 3.05) is 19.5 Å². The monoisotopic (exact) mass is 345 g/mol. The standard InChI is InChI=1S/C22H23N3O/c1-13-15(10-14-6-4-7-18(14)24-13)16-11-19-17(12-20(16)26-3)22(8-5-9-22)21(23-2)25-19/h4,7,10-12H,5-6,8-9H2,1-3H3,(H,23,25). The van der Waals surface area contributed by atoms with E-state index in [1.165, 1.54) is 23.2 Å². The Morgan fingerprint density at radius 3 is 2.73 bits per heavy atom. The number of fused-ring (bicyclic) bond motifs is 3. The van der Waals surface area contributed by atoms with Gasteiger partial charge in [-0.15, -0.1) is 0 Å². The molecule has 1 aliphatic heterocycles. The number of hydrogen-bond donors (Lipinski definition) is 1. The summed E-state index contributed by atoms with van der Waals surface area (Å²) in [4.78, 5) is 9.34. The highest BCUT2D eigenvalue weighted by Gasteiger charge is 2.49. The van der Waals surface area contributed by atoms with Crippen molar-refractivity contribution in [2.45, 2.75) is 38.0 Å². The molecule has 0 atom stereocenters. The van der Waals surface area contributed by atoms with E-state index in [1.807, 2.05) is 7.05 Å². The van der Waals surface area contributed by atoms with Gasteiger partial charge in [-0.25, -0.2) is 0 Å². The number of aromatic nitrogens is 1. The summed E-state index contributed by atoms with van der Waals surface area (Å²) in [5, 5.41) is 3.57. The van der Waals surface area contributed by atoms with Crippen LogP contribution >= 0.6 is 0 Å². The Labute approximate surface area is 154 Å². The fourth-order valence-electron chi connectivity index (χ4n) is 4.68. The third-order valence-electron chi connectivity index (χ3n) is 6.22. The summed E-state index contributed by atoms with van der Waals surface area (Å²) in [6.45, 7) is 2.08. The number of aliphatic imine (C=N–C) groups is 1. The number of hydrogen-bond acceptors (Lipinski definition) is 3. The van der Waals surface area contributed by atoms with Crippen molar-refractivity contribution in [3.63, 3.8) is 0 Å². The molecule has 1 aromatic heterocycles. The van der Waals surface area contributed by atoms with Crippen LogP contribution in [0.2, 0.25) is 0 Å². The lowest BCUT2D eigenvalue weighted by atomic mass is 9.64. The summed E-state index contributed by atoms with van der Waals surface area (Å²) in [7, 11) is 3.64. The molecule has 2 aromatic rings. The molecule has 0 saturated heterocycles. The van der Waals surface area contributed by atoms with E-state index in [0.717, 1.165) is 53.4 Å². The Balaban J connectivity index is 1.69. The van der Waals surface area contributed by atoms with Crippen LogP contribution in [0.4, 0.5) is 5.69 Å². The molecule has 132 valence electrons. The van der Waals surface area contributed by atoms with Gasteiger partial charge in [0.05, 0.1) is 18.2 Å². The maximum absolute atomic E-state index is 5.82. The van der Waals surface area contributed by atoms with Crippen LogP contribution < -0.4 is 10.1 Å². The molecule has 0 unspecified atom stereocenters. The van der Waals surface area contributed by atoms with E-state index < -0.39 is 0 Å². The summed E-state index contributed by atoms with van der Waals surface area (Å²) in [6.07, 6.45) is 8.81. The van der Waals surface area contributed by atoms with E-state index in [1.54, 1.807) is 7.11 Å². The van der Waals surface area contributed by atoms with Gasteiger partial charge in [0.2, 0.25) is 0 Å². The molecule has 0 radical (unpaired) electrons. The van der Waals surface area contributed by atoms with E-state index in [9.17, 15) is 0 Å². The van der Waals surface area contributed by atoms with Crippen LogP contribution in [0.5, 0.6) is 5.75 Å². The average molecular weight is 345 g/mol. The number of amidine groups is 1. The summed E-state index contributed by atoms with van der Waals surface area (Å²) in [5.74, 6) is 2.02. The number of rotatable bonds is 2. The molecule has 1 spiro atoms. The summed E-state index contributed by atoms with van der Waals surface area (Å²) in [5.41, 5.74) is 8.24. The Hall–Kier alpha value is -2.62. The molecule has 2 heterocycles. The number of anilines is 1. The number of nitrogens with zero attached hydrogens (tertiary/aromatic N) is 2. The Kier molecular flexibility index (Phi) is 3.27. The average Bonchev–Trinajstić information content (AvgIpc) is 3.19. The first-order valence-corrected chi connectivity index (χ1v) is 9.30. The van der Waals surface area contributed by atoms with Crippen molar-refractivity contribution in [3.05, 3.63) is 46.8 Å². The first kappa shape index (κ1) is 15.6. The van der Waals surface area contributed by atoms with Gasteiger partial charge in [0.25, 0.3) is 0 Å². The van der Waals surface area contributed by atoms with E-state index in [-0.39, 0.29) is 5.41 Å². The predicted octanol–water partition coefficient (Wildman–Crippen LogP) is 4.51. The number of nitrogens with one attached hydrogen (secondary N) is 1. The molecule has 4 heteroatoms. The fourth-order valence-corrected chi connectivity index (χ4v) is 4.68. The van der Waals surface area contributed by atoms with Crippen LogP contribution in [0.15, 0.2) is 29.3 Å². The van der Waals surface area contributed by atoms with Crippen molar-refractivity contribution in [1.29, 1.82) is 0 Å². The fraction of sp³-hybridized carbons (Fsp3) is 0.364. The molecular weight excluding hydrogens is 322 g/mol. The second-order valence-electron chi connectivity index (χ2n) is 7.50. The van der Waals surface area contributed by atoms with Crippen LogP contribution in [0.1, 0.15) is 41.8 Å². The van der Waals surface area contributed by atoms with E-state index >= 15 is 0 Å². The third kappa shape index (κ3) is 1.96. The zero-order valence-electron chi connectivity index (χ0n) is 15.5. The van der Waals surface area contributed by atoms with Gasteiger partial charge < -0.3 is 10.1 Å². The van der Waals surface area contributed by atoms with Gasteiger partial charge >= 0.3 is 0 Å². The number of methoxy groups -OCH3 is 1. The zero-order chi connectivity index (χ0) is 17.9. The van der Waals surface area contributed by atoms with Crippen molar-refractivity contribution < 1.29 is 4.74 Å². The lowest BCUT2D eigenvalue weighted by Crippen LogP contribution is -2.41. The highest BCUT2D eigenvalue weighted by molar-refractivity contribution is 6.11. The van der Waals surface area contributed by atoms with Gasteiger partial charge in [0.1, 0.15) is 11.6 Å². The number of allylic oxidation sites excluding steroid dienone is 1. The molecule has 1 fully saturated rings. The normalized spacial score (nSPS) is 20.0. The molecule has 3 aliphatic rings. The Bertz CT molecular complexity index is 983.